The van der Waals surface area contributed by atoms with Crippen molar-refractivity contribution in [2.45, 2.75) is 5.44 Å². The fraction of sp³-hybridized carbons (Fsp3) is 0.188. The SMILES string of the molecule is CS(=O)(=O)OC(C(=O)c1ccc(-c2ccccc2)cc1)S(C)(=O)=O. The highest BCUT2D eigenvalue weighted by molar-refractivity contribution is 7.93. The van der Waals surface area contributed by atoms with Crippen molar-refractivity contribution in [3.63, 3.8) is 0 Å². The minimum Gasteiger partial charge on any atom is -0.290 e. The molecule has 0 bridgehead atoms. The topological polar surface area (TPSA) is 94.6 Å². The molecule has 128 valence electrons. The van der Waals surface area contributed by atoms with Gasteiger partial charge in [-0.05, 0) is 11.1 Å². The van der Waals surface area contributed by atoms with Gasteiger partial charge in [-0.3, -0.25) is 4.79 Å². The second kappa shape index (κ2) is 6.84. The zero-order valence-electron chi connectivity index (χ0n) is 13.0. The lowest BCUT2D eigenvalue weighted by Crippen LogP contribution is -2.34. The minimum atomic E-state index is -4.11. The second-order valence-corrected chi connectivity index (χ2v) is 8.96. The summed E-state index contributed by atoms with van der Waals surface area (Å²) >= 11 is 0. The predicted octanol–water partition coefficient (Wildman–Crippen LogP) is 1.88. The third-order valence-electron chi connectivity index (χ3n) is 3.14. The number of carbonyl (C=O) groups is 1. The summed E-state index contributed by atoms with van der Waals surface area (Å²) in [6, 6.07) is 15.6. The van der Waals surface area contributed by atoms with E-state index in [1.165, 1.54) is 12.1 Å². The van der Waals surface area contributed by atoms with Crippen LogP contribution in [0.2, 0.25) is 0 Å². The van der Waals surface area contributed by atoms with E-state index >= 15 is 0 Å². The van der Waals surface area contributed by atoms with Crippen molar-refractivity contribution in [1.82, 2.24) is 0 Å². The maximum atomic E-state index is 12.3. The molecule has 6 nitrogen and oxygen atoms in total. The Labute approximate surface area is 141 Å². The molecule has 0 saturated heterocycles. The molecule has 0 aliphatic rings. The van der Waals surface area contributed by atoms with Crippen LogP contribution in [-0.4, -0.2) is 40.6 Å². The number of hydrogen-bond donors (Lipinski definition) is 0. The summed E-state index contributed by atoms with van der Waals surface area (Å²) in [5, 5.41) is 0. The van der Waals surface area contributed by atoms with Gasteiger partial charge in [-0.1, -0.05) is 54.6 Å². The van der Waals surface area contributed by atoms with E-state index in [0.717, 1.165) is 17.4 Å². The Morgan fingerprint density at radius 2 is 1.33 bits per heavy atom. The first-order chi connectivity index (χ1) is 11.1. The molecule has 0 radical (unpaired) electrons. The van der Waals surface area contributed by atoms with Gasteiger partial charge in [0.1, 0.15) is 0 Å². The zero-order chi connectivity index (χ0) is 18.0. The van der Waals surface area contributed by atoms with Gasteiger partial charge in [0.15, 0.2) is 9.84 Å². The molecule has 0 aromatic heterocycles. The number of benzene rings is 2. The number of rotatable bonds is 6. The number of sulfone groups is 1. The Balaban J connectivity index is 2.34. The van der Waals surface area contributed by atoms with Crippen molar-refractivity contribution >= 4 is 25.7 Å². The smallest absolute Gasteiger partial charge is 0.266 e. The number of Topliss-reactive ketones (excluding diaryl/α,β-unsaturated/α-hetero) is 1. The van der Waals surface area contributed by atoms with Crippen LogP contribution in [0.1, 0.15) is 10.4 Å². The lowest BCUT2D eigenvalue weighted by Gasteiger charge is -2.13. The van der Waals surface area contributed by atoms with E-state index in [-0.39, 0.29) is 5.56 Å². The van der Waals surface area contributed by atoms with Crippen molar-refractivity contribution in [2.75, 3.05) is 12.5 Å². The van der Waals surface area contributed by atoms with Crippen LogP contribution in [0.5, 0.6) is 0 Å². The van der Waals surface area contributed by atoms with E-state index < -0.39 is 31.2 Å². The number of carbonyl (C=O) groups excluding carboxylic acids is 1. The van der Waals surface area contributed by atoms with Gasteiger partial charge in [0.05, 0.1) is 6.26 Å². The first-order valence-electron chi connectivity index (χ1n) is 6.85. The van der Waals surface area contributed by atoms with Crippen LogP contribution < -0.4 is 0 Å². The Hall–Kier alpha value is -2.03. The van der Waals surface area contributed by atoms with Crippen LogP contribution in [0.15, 0.2) is 54.6 Å². The van der Waals surface area contributed by atoms with Crippen molar-refractivity contribution in [3.8, 4) is 11.1 Å². The van der Waals surface area contributed by atoms with Gasteiger partial charge in [0, 0.05) is 11.8 Å². The first kappa shape index (κ1) is 18.3. The molecular formula is C16H16O6S2. The van der Waals surface area contributed by atoms with E-state index in [0.29, 0.717) is 6.26 Å². The third-order valence-corrected chi connectivity index (χ3v) is 4.89. The van der Waals surface area contributed by atoms with E-state index in [4.69, 9.17) is 0 Å². The highest BCUT2D eigenvalue weighted by Gasteiger charge is 2.34. The largest absolute Gasteiger partial charge is 0.290 e. The van der Waals surface area contributed by atoms with Gasteiger partial charge in [0.25, 0.3) is 10.1 Å². The molecule has 0 saturated carbocycles. The highest BCUT2D eigenvalue weighted by Crippen LogP contribution is 2.21. The van der Waals surface area contributed by atoms with E-state index in [1.54, 1.807) is 12.1 Å². The molecule has 8 heteroatoms. The molecular weight excluding hydrogens is 352 g/mol. The molecule has 24 heavy (non-hydrogen) atoms. The molecule has 1 unspecified atom stereocenters. The van der Waals surface area contributed by atoms with Gasteiger partial charge in [-0.25, -0.2) is 12.6 Å². The Kier molecular flexibility index (Phi) is 5.22. The molecule has 2 aromatic carbocycles. The van der Waals surface area contributed by atoms with Crippen LogP contribution >= 0.6 is 0 Å². The zero-order valence-corrected chi connectivity index (χ0v) is 14.7. The number of ketones is 1. The van der Waals surface area contributed by atoms with Crippen LogP contribution in [0.25, 0.3) is 11.1 Å². The van der Waals surface area contributed by atoms with E-state index in [9.17, 15) is 21.6 Å². The van der Waals surface area contributed by atoms with E-state index in [2.05, 4.69) is 4.18 Å². The van der Waals surface area contributed by atoms with Gasteiger partial charge < -0.3 is 0 Å². The Bertz CT molecular complexity index is 930. The van der Waals surface area contributed by atoms with Gasteiger partial charge >= 0.3 is 0 Å². The summed E-state index contributed by atoms with van der Waals surface area (Å²) in [6.45, 7) is 0. The molecule has 0 spiro atoms. The Morgan fingerprint density at radius 1 is 0.833 bits per heavy atom. The summed E-state index contributed by atoms with van der Waals surface area (Å²) in [7, 11) is -8.17. The normalized spacial score (nSPS) is 13.4. The predicted molar refractivity (Wildman–Crippen MR) is 90.8 cm³/mol. The monoisotopic (exact) mass is 368 g/mol. The van der Waals surface area contributed by atoms with E-state index in [1.807, 2.05) is 30.3 Å². The van der Waals surface area contributed by atoms with Crippen molar-refractivity contribution < 1.29 is 25.8 Å². The van der Waals surface area contributed by atoms with Crippen molar-refractivity contribution in [3.05, 3.63) is 60.2 Å². The van der Waals surface area contributed by atoms with Crippen LogP contribution in [0, 0.1) is 0 Å². The molecule has 0 amide bonds. The van der Waals surface area contributed by atoms with Crippen molar-refractivity contribution in [2.24, 2.45) is 0 Å². The Morgan fingerprint density at radius 3 is 1.79 bits per heavy atom. The maximum absolute atomic E-state index is 12.3. The molecule has 0 N–H and O–H groups in total. The summed E-state index contributed by atoms with van der Waals surface area (Å²) in [5.74, 6) is -0.928. The second-order valence-electron chi connectivity index (χ2n) is 5.27. The molecule has 0 aliphatic heterocycles. The summed E-state index contributed by atoms with van der Waals surface area (Å²) in [4.78, 5) is 12.3. The molecule has 1 atom stereocenters. The molecule has 0 heterocycles. The van der Waals surface area contributed by atoms with Gasteiger partial charge in [0.2, 0.25) is 11.2 Å². The molecule has 0 aliphatic carbocycles. The fourth-order valence-corrected chi connectivity index (χ4v) is 3.99. The fourth-order valence-electron chi connectivity index (χ4n) is 2.06. The van der Waals surface area contributed by atoms with Crippen LogP contribution in [0.4, 0.5) is 0 Å². The van der Waals surface area contributed by atoms with Crippen molar-refractivity contribution in [1.29, 1.82) is 0 Å². The van der Waals surface area contributed by atoms with Crippen LogP contribution in [0.3, 0.4) is 0 Å². The minimum absolute atomic E-state index is 0.0498. The molecule has 2 aromatic rings. The third kappa shape index (κ3) is 4.73. The average molecular weight is 368 g/mol. The number of hydrogen-bond acceptors (Lipinski definition) is 6. The molecule has 2 rings (SSSR count). The average Bonchev–Trinajstić information content (AvgIpc) is 2.51. The standard InChI is InChI=1S/C16H16O6S2/c1-23(18,19)16(22-24(2,20)21)15(17)14-10-8-13(9-11-14)12-6-4-3-5-7-12/h3-11,16H,1-2H3. The molecule has 0 fully saturated rings. The van der Waals surface area contributed by atoms with Gasteiger partial charge in [-0.15, -0.1) is 0 Å². The van der Waals surface area contributed by atoms with Crippen LogP contribution in [-0.2, 0) is 24.1 Å². The summed E-state index contributed by atoms with van der Waals surface area (Å²) < 4.78 is 50.3. The summed E-state index contributed by atoms with van der Waals surface area (Å²) in [6.07, 6.45) is 1.44. The lowest BCUT2D eigenvalue weighted by molar-refractivity contribution is 0.0889. The lowest BCUT2D eigenvalue weighted by atomic mass is 10.0. The quantitative estimate of drug-likeness (QED) is 0.571. The van der Waals surface area contributed by atoms with Gasteiger partial charge in [-0.2, -0.15) is 8.42 Å². The first-order valence-corrected chi connectivity index (χ1v) is 10.6. The maximum Gasteiger partial charge on any atom is 0.266 e. The highest BCUT2D eigenvalue weighted by atomic mass is 32.2. The summed E-state index contributed by atoms with van der Waals surface area (Å²) in [5.41, 5.74) is -0.264.